The Morgan fingerprint density at radius 3 is 2.65 bits per heavy atom. The molecule has 6 heteroatoms. The van der Waals surface area contributed by atoms with Crippen LogP contribution in [0, 0.1) is 11.2 Å². The SMILES string of the molecule is CC(C)(C)C(=O)NCc1nnc(-c2ccccc2F)o1. The van der Waals surface area contributed by atoms with Crippen molar-refractivity contribution in [2.75, 3.05) is 0 Å². The normalized spacial score (nSPS) is 11.4. The van der Waals surface area contributed by atoms with Crippen molar-refractivity contribution >= 4 is 5.91 Å². The van der Waals surface area contributed by atoms with Gasteiger partial charge in [-0.25, -0.2) is 4.39 Å². The van der Waals surface area contributed by atoms with Crippen LogP contribution in [0.5, 0.6) is 0 Å². The zero-order valence-electron chi connectivity index (χ0n) is 11.6. The molecule has 0 radical (unpaired) electrons. The third kappa shape index (κ3) is 3.20. The quantitative estimate of drug-likeness (QED) is 0.936. The fourth-order valence-electron chi connectivity index (χ4n) is 1.49. The third-order valence-electron chi connectivity index (χ3n) is 2.65. The first-order chi connectivity index (χ1) is 9.38. The molecule has 1 aromatic heterocycles. The van der Waals surface area contributed by atoms with Gasteiger partial charge in [0.25, 0.3) is 5.89 Å². The van der Waals surface area contributed by atoms with E-state index in [0.717, 1.165) is 0 Å². The van der Waals surface area contributed by atoms with Gasteiger partial charge in [0.2, 0.25) is 11.8 Å². The lowest BCUT2D eigenvalue weighted by atomic mass is 9.96. The number of carbonyl (C=O) groups excluding carboxylic acids is 1. The summed E-state index contributed by atoms with van der Waals surface area (Å²) in [4.78, 5) is 11.7. The largest absolute Gasteiger partial charge is 0.419 e. The number of hydrogen-bond donors (Lipinski definition) is 1. The van der Waals surface area contributed by atoms with Crippen LogP contribution in [-0.2, 0) is 11.3 Å². The second-order valence-corrected chi connectivity index (χ2v) is 5.41. The van der Waals surface area contributed by atoms with Crippen molar-refractivity contribution in [2.45, 2.75) is 27.3 Å². The van der Waals surface area contributed by atoms with Crippen molar-refractivity contribution in [3.05, 3.63) is 36.0 Å². The molecule has 1 aromatic carbocycles. The molecule has 5 nitrogen and oxygen atoms in total. The number of rotatable bonds is 3. The van der Waals surface area contributed by atoms with Gasteiger partial charge in [-0.2, -0.15) is 0 Å². The second-order valence-electron chi connectivity index (χ2n) is 5.41. The number of halogens is 1. The van der Waals surface area contributed by atoms with E-state index in [9.17, 15) is 9.18 Å². The molecule has 2 rings (SSSR count). The summed E-state index contributed by atoms with van der Waals surface area (Å²) in [7, 11) is 0. The lowest BCUT2D eigenvalue weighted by molar-refractivity contribution is -0.128. The zero-order valence-corrected chi connectivity index (χ0v) is 11.6. The molecule has 0 aliphatic carbocycles. The van der Waals surface area contributed by atoms with Crippen LogP contribution in [0.1, 0.15) is 26.7 Å². The highest BCUT2D eigenvalue weighted by molar-refractivity contribution is 5.81. The Labute approximate surface area is 116 Å². The van der Waals surface area contributed by atoms with Crippen molar-refractivity contribution in [3.63, 3.8) is 0 Å². The van der Waals surface area contributed by atoms with Gasteiger partial charge in [0.1, 0.15) is 5.82 Å². The van der Waals surface area contributed by atoms with E-state index in [-0.39, 0.29) is 29.8 Å². The van der Waals surface area contributed by atoms with E-state index in [0.29, 0.717) is 0 Å². The van der Waals surface area contributed by atoms with Crippen LogP contribution in [0.15, 0.2) is 28.7 Å². The van der Waals surface area contributed by atoms with Gasteiger partial charge in [0.05, 0.1) is 12.1 Å². The first-order valence-corrected chi connectivity index (χ1v) is 6.23. The van der Waals surface area contributed by atoms with E-state index in [1.807, 2.05) is 0 Å². The van der Waals surface area contributed by atoms with Gasteiger partial charge in [0, 0.05) is 5.41 Å². The van der Waals surface area contributed by atoms with Crippen molar-refractivity contribution < 1.29 is 13.6 Å². The van der Waals surface area contributed by atoms with Gasteiger partial charge in [-0.15, -0.1) is 10.2 Å². The molecule has 0 aliphatic rings. The molecule has 0 bridgehead atoms. The van der Waals surface area contributed by atoms with Crippen molar-refractivity contribution in [1.82, 2.24) is 15.5 Å². The monoisotopic (exact) mass is 277 g/mol. The Morgan fingerprint density at radius 2 is 2.00 bits per heavy atom. The number of benzene rings is 1. The number of aromatic nitrogens is 2. The molecule has 0 saturated carbocycles. The molecule has 0 fully saturated rings. The van der Waals surface area contributed by atoms with E-state index in [4.69, 9.17) is 4.42 Å². The molecule has 0 atom stereocenters. The molecular weight excluding hydrogens is 261 g/mol. The van der Waals surface area contributed by atoms with Crippen molar-refractivity contribution in [1.29, 1.82) is 0 Å². The van der Waals surface area contributed by atoms with E-state index in [1.165, 1.54) is 6.07 Å². The maximum atomic E-state index is 13.6. The highest BCUT2D eigenvalue weighted by Gasteiger charge is 2.21. The Bertz CT molecular complexity index is 617. The molecule has 1 N–H and O–H groups in total. The van der Waals surface area contributed by atoms with Crippen LogP contribution in [0.3, 0.4) is 0 Å². The van der Waals surface area contributed by atoms with Gasteiger partial charge in [-0.05, 0) is 12.1 Å². The lowest BCUT2D eigenvalue weighted by Crippen LogP contribution is -2.34. The van der Waals surface area contributed by atoms with E-state index >= 15 is 0 Å². The van der Waals surface area contributed by atoms with E-state index in [1.54, 1.807) is 39.0 Å². The summed E-state index contributed by atoms with van der Waals surface area (Å²) in [6.07, 6.45) is 0. The summed E-state index contributed by atoms with van der Waals surface area (Å²) in [5.41, 5.74) is -0.248. The van der Waals surface area contributed by atoms with Gasteiger partial charge in [-0.3, -0.25) is 4.79 Å². The van der Waals surface area contributed by atoms with Crippen molar-refractivity contribution in [3.8, 4) is 11.5 Å². The van der Waals surface area contributed by atoms with Gasteiger partial charge in [-0.1, -0.05) is 32.9 Å². The van der Waals surface area contributed by atoms with Crippen LogP contribution in [0.4, 0.5) is 4.39 Å². The van der Waals surface area contributed by atoms with Crippen LogP contribution < -0.4 is 5.32 Å². The molecular formula is C14H16FN3O2. The number of carbonyl (C=O) groups is 1. The minimum Gasteiger partial charge on any atom is -0.419 e. The smallest absolute Gasteiger partial charge is 0.250 e. The molecule has 0 unspecified atom stereocenters. The fourth-order valence-corrected chi connectivity index (χ4v) is 1.49. The minimum atomic E-state index is -0.492. The maximum absolute atomic E-state index is 13.6. The highest BCUT2D eigenvalue weighted by atomic mass is 19.1. The average Bonchev–Trinajstić information content (AvgIpc) is 2.84. The molecule has 1 amide bonds. The average molecular weight is 277 g/mol. The lowest BCUT2D eigenvalue weighted by Gasteiger charge is -2.16. The summed E-state index contributed by atoms with van der Waals surface area (Å²) >= 11 is 0. The second kappa shape index (κ2) is 5.40. The molecule has 0 saturated heterocycles. The third-order valence-corrected chi connectivity index (χ3v) is 2.65. The molecule has 1 heterocycles. The summed E-state index contributed by atoms with van der Waals surface area (Å²) in [6.45, 7) is 5.54. The van der Waals surface area contributed by atoms with E-state index < -0.39 is 11.2 Å². The summed E-state index contributed by atoms with van der Waals surface area (Å²) < 4.78 is 18.9. The first-order valence-electron chi connectivity index (χ1n) is 6.23. The summed E-state index contributed by atoms with van der Waals surface area (Å²) in [5.74, 6) is -0.214. The Morgan fingerprint density at radius 1 is 1.30 bits per heavy atom. The van der Waals surface area contributed by atoms with Gasteiger partial charge in [0.15, 0.2) is 0 Å². The number of hydrogen-bond acceptors (Lipinski definition) is 4. The summed E-state index contributed by atoms with van der Waals surface area (Å²) in [6, 6.07) is 6.14. The van der Waals surface area contributed by atoms with Crippen LogP contribution >= 0.6 is 0 Å². The van der Waals surface area contributed by atoms with Crippen LogP contribution in [0.2, 0.25) is 0 Å². The minimum absolute atomic E-state index is 0.100. The fraction of sp³-hybridized carbons (Fsp3) is 0.357. The molecule has 106 valence electrons. The Balaban J connectivity index is 2.07. The van der Waals surface area contributed by atoms with Gasteiger partial charge < -0.3 is 9.73 Å². The van der Waals surface area contributed by atoms with Crippen LogP contribution in [0.25, 0.3) is 11.5 Å². The van der Waals surface area contributed by atoms with E-state index in [2.05, 4.69) is 15.5 Å². The Hall–Kier alpha value is -2.24. The molecule has 0 spiro atoms. The van der Waals surface area contributed by atoms with Crippen molar-refractivity contribution in [2.24, 2.45) is 5.41 Å². The molecule has 2 aromatic rings. The predicted octanol–water partition coefficient (Wildman–Crippen LogP) is 2.54. The standard InChI is InChI=1S/C14H16FN3O2/c1-14(2,3)13(19)16-8-11-17-18-12(20-11)9-6-4-5-7-10(9)15/h4-7H,8H2,1-3H3,(H,16,19). The number of nitrogens with zero attached hydrogens (tertiary/aromatic N) is 2. The molecule has 20 heavy (non-hydrogen) atoms. The predicted molar refractivity (Wildman–Crippen MR) is 71.0 cm³/mol. The molecule has 0 aliphatic heterocycles. The van der Waals surface area contributed by atoms with Gasteiger partial charge >= 0.3 is 0 Å². The summed E-state index contributed by atoms with van der Waals surface area (Å²) in [5, 5.41) is 10.3. The maximum Gasteiger partial charge on any atom is 0.250 e. The number of nitrogens with one attached hydrogen (secondary N) is 1. The Kier molecular flexibility index (Phi) is 3.83. The van der Waals surface area contributed by atoms with Crippen LogP contribution in [-0.4, -0.2) is 16.1 Å². The topological polar surface area (TPSA) is 68.0 Å². The number of amides is 1. The first kappa shape index (κ1) is 14.2. The zero-order chi connectivity index (χ0) is 14.8. The highest BCUT2D eigenvalue weighted by Crippen LogP contribution is 2.21.